The van der Waals surface area contributed by atoms with Crippen LogP contribution in [-0.2, 0) is 4.79 Å². The zero-order valence-electron chi connectivity index (χ0n) is 17.4. The molecule has 2 N–H and O–H groups in total. The van der Waals surface area contributed by atoms with E-state index in [1.807, 2.05) is 30.0 Å². The number of carbonyl (C=O) groups excluding carboxylic acids is 1. The maximum Gasteiger partial charge on any atom is 0.262 e. The van der Waals surface area contributed by atoms with Gasteiger partial charge in [0.05, 0.1) is 5.69 Å². The van der Waals surface area contributed by atoms with E-state index < -0.39 is 6.04 Å². The van der Waals surface area contributed by atoms with Crippen LogP contribution in [0.2, 0.25) is 0 Å². The molecule has 0 radical (unpaired) electrons. The van der Waals surface area contributed by atoms with Gasteiger partial charge < -0.3 is 19.9 Å². The summed E-state index contributed by atoms with van der Waals surface area (Å²) in [7, 11) is 0. The number of hydrogen-bond donors (Lipinski definition) is 2. The van der Waals surface area contributed by atoms with Crippen LogP contribution in [0.3, 0.4) is 0 Å². The van der Waals surface area contributed by atoms with Crippen molar-refractivity contribution in [1.29, 1.82) is 0 Å². The second-order valence-corrected chi connectivity index (χ2v) is 7.90. The maximum atomic E-state index is 14.8. The number of amidine groups is 1. The first kappa shape index (κ1) is 21.4. The number of piperazine rings is 1. The van der Waals surface area contributed by atoms with Crippen LogP contribution >= 0.6 is 12.4 Å². The van der Waals surface area contributed by atoms with Gasteiger partial charge in [0.1, 0.15) is 24.2 Å². The van der Waals surface area contributed by atoms with Crippen LogP contribution in [0.4, 0.5) is 15.8 Å². The molecule has 0 spiro atoms. The highest BCUT2D eigenvalue weighted by atomic mass is 35.5. The van der Waals surface area contributed by atoms with Gasteiger partial charge in [-0.1, -0.05) is 18.2 Å². The Morgan fingerprint density at radius 1 is 1.16 bits per heavy atom. The Morgan fingerprint density at radius 2 is 1.97 bits per heavy atom. The van der Waals surface area contributed by atoms with Crippen LogP contribution in [0.15, 0.2) is 41.5 Å². The number of hydrogen-bond acceptors (Lipinski definition) is 6. The quantitative estimate of drug-likeness (QED) is 0.744. The standard InChI is InChI=1S/C22H24FN5O2.ClH/c1-13-11-24-7-8-27(13)18-10-19-20(9-16(18)15-5-3-4-6-17(15)23)30-12-21-25-26-22(29)14(2)28(19)21;/h3-6,9-10,13-14,24H,7-8,11-12H2,1-2H3,(H,26,29);1H/t13-,14-;/m1./s1. The van der Waals surface area contributed by atoms with Crippen molar-refractivity contribution >= 4 is 35.5 Å². The highest BCUT2D eigenvalue weighted by Gasteiger charge is 2.36. The molecule has 5 rings (SSSR count). The van der Waals surface area contributed by atoms with E-state index in [-0.39, 0.29) is 36.8 Å². The predicted molar refractivity (Wildman–Crippen MR) is 122 cm³/mol. The number of anilines is 2. The number of fused-ring (bicyclic) bond motifs is 3. The van der Waals surface area contributed by atoms with E-state index >= 15 is 0 Å². The molecule has 9 heteroatoms. The van der Waals surface area contributed by atoms with Gasteiger partial charge in [0, 0.05) is 42.5 Å². The zero-order valence-corrected chi connectivity index (χ0v) is 18.2. The highest BCUT2D eigenvalue weighted by Crippen LogP contribution is 2.44. The number of nitrogens with zero attached hydrogens (tertiary/aromatic N) is 3. The second-order valence-electron chi connectivity index (χ2n) is 7.90. The van der Waals surface area contributed by atoms with Crippen molar-refractivity contribution in [3.05, 3.63) is 42.2 Å². The van der Waals surface area contributed by atoms with Gasteiger partial charge in [0.2, 0.25) is 0 Å². The minimum Gasteiger partial charge on any atom is -0.483 e. The van der Waals surface area contributed by atoms with Crippen molar-refractivity contribution < 1.29 is 13.9 Å². The van der Waals surface area contributed by atoms with Gasteiger partial charge >= 0.3 is 0 Å². The fourth-order valence-electron chi connectivity index (χ4n) is 4.39. The monoisotopic (exact) mass is 445 g/mol. The number of nitrogens with one attached hydrogen (secondary N) is 2. The lowest BCUT2D eigenvalue weighted by atomic mass is 9.98. The van der Waals surface area contributed by atoms with Gasteiger partial charge in [-0.2, -0.15) is 5.10 Å². The molecule has 3 heterocycles. The van der Waals surface area contributed by atoms with Crippen LogP contribution in [0, 0.1) is 5.82 Å². The van der Waals surface area contributed by atoms with E-state index in [4.69, 9.17) is 4.74 Å². The predicted octanol–water partition coefficient (Wildman–Crippen LogP) is 2.74. The van der Waals surface area contributed by atoms with Gasteiger partial charge in [-0.3, -0.25) is 4.79 Å². The molecule has 2 atom stereocenters. The van der Waals surface area contributed by atoms with E-state index in [1.54, 1.807) is 12.1 Å². The minimum atomic E-state index is -0.409. The lowest BCUT2D eigenvalue weighted by Crippen LogP contribution is -2.55. The molecule has 0 aliphatic carbocycles. The normalized spacial score (nSPS) is 22.4. The van der Waals surface area contributed by atoms with Crippen LogP contribution < -0.4 is 25.3 Å². The van der Waals surface area contributed by atoms with Gasteiger partial charge in [-0.05, 0) is 32.0 Å². The Morgan fingerprint density at radius 3 is 2.74 bits per heavy atom. The summed E-state index contributed by atoms with van der Waals surface area (Å²) in [5.41, 5.74) is 5.58. The van der Waals surface area contributed by atoms with Crippen LogP contribution in [-0.4, -0.2) is 50.1 Å². The molecule has 2 aromatic rings. The lowest BCUT2D eigenvalue weighted by Gasteiger charge is -2.41. The molecule has 3 aliphatic heterocycles. The molecule has 1 fully saturated rings. The van der Waals surface area contributed by atoms with Crippen molar-refractivity contribution in [1.82, 2.24) is 10.7 Å². The first-order chi connectivity index (χ1) is 14.5. The number of hydrazone groups is 1. The smallest absolute Gasteiger partial charge is 0.262 e. The van der Waals surface area contributed by atoms with E-state index in [1.165, 1.54) is 6.07 Å². The van der Waals surface area contributed by atoms with E-state index in [0.717, 1.165) is 36.6 Å². The third-order valence-corrected chi connectivity index (χ3v) is 6.01. The maximum absolute atomic E-state index is 14.8. The SMILES string of the molecule is C[C@@H]1CNCCN1c1cc2c(cc1-c1ccccc1F)OCC1=NNC(=O)[C@@H](C)N12.Cl. The van der Waals surface area contributed by atoms with Crippen molar-refractivity contribution in [3.8, 4) is 16.9 Å². The molecule has 0 saturated carbocycles. The number of rotatable bonds is 2. The third kappa shape index (κ3) is 3.59. The van der Waals surface area contributed by atoms with Gasteiger partial charge in [-0.25, -0.2) is 9.82 Å². The average Bonchev–Trinajstić information content (AvgIpc) is 2.76. The van der Waals surface area contributed by atoms with E-state index in [9.17, 15) is 9.18 Å². The summed E-state index contributed by atoms with van der Waals surface area (Å²) >= 11 is 0. The van der Waals surface area contributed by atoms with Crippen LogP contribution in [0.25, 0.3) is 11.1 Å². The van der Waals surface area contributed by atoms with Crippen molar-refractivity contribution in [3.63, 3.8) is 0 Å². The third-order valence-electron chi connectivity index (χ3n) is 6.01. The molecule has 0 unspecified atom stereocenters. The molecule has 3 aliphatic rings. The Bertz CT molecular complexity index is 1050. The number of amides is 1. The van der Waals surface area contributed by atoms with Crippen molar-refractivity contribution in [2.45, 2.75) is 25.9 Å². The first-order valence-corrected chi connectivity index (χ1v) is 10.2. The molecule has 0 aromatic heterocycles. The minimum absolute atomic E-state index is 0. The Balaban J connectivity index is 0.00000231. The van der Waals surface area contributed by atoms with Gasteiger partial charge in [0.15, 0.2) is 5.84 Å². The number of halogens is 2. The number of ether oxygens (including phenoxy) is 1. The molecule has 2 aromatic carbocycles. The Labute approximate surface area is 186 Å². The van der Waals surface area contributed by atoms with Crippen LogP contribution in [0.5, 0.6) is 5.75 Å². The van der Waals surface area contributed by atoms with Crippen LogP contribution in [0.1, 0.15) is 13.8 Å². The summed E-state index contributed by atoms with van der Waals surface area (Å²) in [4.78, 5) is 16.5. The molecule has 1 saturated heterocycles. The average molecular weight is 446 g/mol. The van der Waals surface area contributed by atoms with Gasteiger partial charge in [-0.15, -0.1) is 12.4 Å². The largest absolute Gasteiger partial charge is 0.483 e. The second kappa shape index (κ2) is 8.36. The fraction of sp³-hybridized carbons (Fsp3) is 0.364. The summed E-state index contributed by atoms with van der Waals surface area (Å²) in [6.07, 6.45) is 0. The van der Waals surface area contributed by atoms with Crippen molar-refractivity contribution in [2.75, 3.05) is 36.0 Å². The number of carbonyl (C=O) groups is 1. The summed E-state index contributed by atoms with van der Waals surface area (Å²) in [5, 5.41) is 7.57. The Hall–Kier alpha value is -2.84. The van der Waals surface area contributed by atoms with E-state index in [0.29, 0.717) is 17.1 Å². The molecular weight excluding hydrogens is 421 g/mol. The molecule has 0 bridgehead atoms. The van der Waals surface area contributed by atoms with Gasteiger partial charge in [0.25, 0.3) is 5.91 Å². The van der Waals surface area contributed by atoms with E-state index in [2.05, 4.69) is 27.7 Å². The molecule has 164 valence electrons. The Kier molecular flexibility index (Phi) is 5.77. The number of benzene rings is 2. The first-order valence-electron chi connectivity index (χ1n) is 10.2. The lowest BCUT2D eigenvalue weighted by molar-refractivity contribution is -0.122. The summed E-state index contributed by atoms with van der Waals surface area (Å²) in [5.74, 6) is 0.847. The highest BCUT2D eigenvalue weighted by molar-refractivity contribution is 6.10. The molecule has 31 heavy (non-hydrogen) atoms. The summed E-state index contributed by atoms with van der Waals surface area (Å²) in [6, 6.07) is 10.5. The zero-order chi connectivity index (χ0) is 20.8. The summed E-state index contributed by atoms with van der Waals surface area (Å²) in [6.45, 7) is 6.74. The molecule has 1 amide bonds. The van der Waals surface area contributed by atoms with Crippen molar-refractivity contribution in [2.24, 2.45) is 5.10 Å². The topological polar surface area (TPSA) is 69.2 Å². The molecule has 7 nitrogen and oxygen atoms in total. The fourth-order valence-corrected chi connectivity index (χ4v) is 4.39. The summed E-state index contributed by atoms with van der Waals surface area (Å²) < 4.78 is 20.8. The molecular formula is C22H25ClFN5O2.